The lowest BCUT2D eigenvalue weighted by Gasteiger charge is -2.54. The fourth-order valence-corrected chi connectivity index (χ4v) is 6.65. The number of aromatic hydroxyl groups is 1. The number of phenolic OH excluding ortho intramolecular Hbond substituents is 1. The lowest BCUT2D eigenvalue weighted by Crippen LogP contribution is -2.56. The number of nitrogens with zero attached hydrogens (tertiary/aromatic N) is 2. The van der Waals surface area contributed by atoms with Crippen LogP contribution in [0.2, 0.25) is 0 Å². The maximum Gasteiger partial charge on any atom is 0.254 e. The second-order valence-corrected chi connectivity index (χ2v) is 11.3. The van der Waals surface area contributed by atoms with Crippen LogP contribution in [0.1, 0.15) is 55.5 Å². The van der Waals surface area contributed by atoms with E-state index in [1.807, 2.05) is 30.3 Å². The van der Waals surface area contributed by atoms with Crippen molar-refractivity contribution < 1.29 is 9.90 Å². The molecule has 3 aromatic carbocycles. The summed E-state index contributed by atoms with van der Waals surface area (Å²) in [6.45, 7) is 7.28. The van der Waals surface area contributed by atoms with E-state index in [1.165, 1.54) is 5.56 Å². The van der Waals surface area contributed by atoms with E-state index in [2.05, 4.69) is 61.0 Å². The molecule has 1 saturated carbocycles. The summed E-state index contributed by atoms with van der Waals surface area (Å²) < 4.78 is 0. The largest absolute Gasteiger partial charge is 0.508 e. The molecule has 0 aromatic heterocycles. The number of benzene rings is 3. The van der Waals surface area contributed by atoms with E-state index < -0.39 is 0 Å². The minimum Gasteiger partial charge on any atom is -0.508 e. The molecule has 0 spiro atoms. The van der Waals surface area contributed by atoms with Gasteiger partial charge in [0.2, 0.25) is 0 Å². The topological polar surface area (TPSA) is 43.8 Å². The van der Waals surface area contributed by atoms with E-state index in [9.17, 15) is 9.90 Å². The number of likely N-dealkylation sites (tertiary alicyclic amines) is 1. The lowest BCUT2D eigenvalue weighted by atomic mass is 9.57. The molecule has 3 aromatic rings. The Labute approximate surface area is 209 Å². The quantitative estimate of drug-likeness (QED) is 0.491. The Morgan fingerprint density at radius 2 is 1.86 bits per heavy atom. The first kappa shape index (κ1) is 23.9. The average molecular weight is 471 g/mol. The lowest BCUT2D eigenvalue weighted by molar-refractivity contribution is 0.0170. The maximum absolute atomic E-state index is 14.0. The van der Waals surface area contributed by atoms with Crippen LogP contribution in [0.25, 0.3) is 10.8 Å². The third-order valence-corrected chi connectivity index (χ3v) is 8.38. The molecular weight excluding hydrogens is 432 g/mol. The van der Waals surface area contributed by atoms with Crippen LogP contribution in [0.15, 0.2) is 66.7 Å². The fraction of sp³-hybridized carbons (Fsp3) is 0.452. The van der Waals surface area contributed by atoms with E-state index in [0.29, 0.717) is 17.6 Å². The fourth-order valence-electron chi connectivity index (χ4n) is 6.65. The molecule has 1 saturated heterocycles. The van der Waals surface area contributed by atoms with Crippen molar-refractivity contribution in [3.05, 3.63) is 77.9 Å². The number of amides is 1. The standard InChI is InChI=1S/C31H38N2O2/c1-22(2)20-33(30(35)25-12-11-23-7-4-5-8-24(23)17-25)28-14-13-27-21-32(3)16-15-31(27,19-28)26-9-6-10-29(34)18-26/h4-12,17-18,22,27-28,34H,13-16,19-21H2,1-3H3. The van der Waals surface area contributed by atoms with E-state index in [-0.39, 0.29) is 17.4 Å². The second-order valence-electron chi connectivity index (χ2n) is 11.3. The van der Waals surface area contributed by atoms with Gasteiger partial charge in [-0.1, -0.05) is 56.3 Å². The van der Waals surface area contributed by atoms with Gasteiger partial charge in [-0.25, -0.2) is 0 Å². The van der Waals surface area contributed by atoms with Crippen LogP contribution < -0.4 is 0 Å². The number of hydrogen-bond acceptors (Lipinski definition) is 3. The summed E-state index contributed by atoms with van der Waals surface area (Å²) >= 11 is 0. The third kappa shape index (κ3) is 4.69. The van der Waals surface area contributed by atoms with Crippen LogP contribution >= 0.6 is 0 Å². The molecule has 1 amide bonds. The van der Waals surface area contributed by atoms with Crippen molar-refractivity contribution in [1.29, 1.82) is 0 Å². The maximum atomic E-state index is 14.0. The zero-order chi connectivity index (χ0) is 24.6. The summed E-state index contributed by atoms with van der Waals surface area (Å²) in [6.07, 6.45) is 4.16. The Kier molecular flexibility index (Phi) is 6.59. The van der Waals surface area contributed by atoms with Crippen molar-refractivity contribution in [3.8, 4) is 5.75 Å². The molecule has 2 aliphatic rings. The molecule has 2 fully saturated rings. The van der Waals surface area contributed by atoms with Crippen LogP contribution in [0.5, 0.6) is 5.75 Å². The molecular formula is C31H38N2O2. The third-order valence-electron chi connectivity index (χ3n) is 8.38. The van der Waals surface area contributed by atoms with Gasteiger partial charge in [0.15, 0.2) is 0 Å². The highest BCUT2D eigenvalue weighted by Gasteiger charge is 2.49. The molecule has 4 heteroatoms. The molecule has 5 rings (SSSR count). The Balaban J connectivity index is 1.50. The summed E-state index contributed by atoms with van der Waals surface area (Å²) in [6, 6.07) is 22.5. The van der Waals surface area contributed by atoms with Gasteiger partial charge in [0.1, 0.15) is 5.75 Å². The molecule has 184 valence electrons. The van der Waals surface area contributed by atoms with Crippen molar-refractivity contribution in [2.24, 2.45) is 11.8 Å². The van der Waals surface area contributed by atoms with Crippen molar-refractivity contribution >= 4 is 16.7 Å². The summed E-state index contributed by atoms with van der Waals surface area (Å²) in [5, 5.41) is 12.6. The first-order valence-electron chi connectivity index (χ1n) is 13.1. The number of fused-ring (bicyclic) bond motifs is 2. The van der Waals surface area contributed by atoms with Crippen LogP contribution in [-0.2, 0) is 5.41 Å². The number of hydrogen-bond donors (Lipinski definition) is 1. The molecule has 3 unspecified atom stereocenters. The summed E-state index contributed by atoms with van der Waals surface area (Å²) in [5.41, 5.74) is 2.01. The predicted molar refractivity (Wildman–Crippen MR) is 143 cm³/mol. The van der Waals surface area contributed by atoms with Gasteiger partial charge in [-0.15, -0.1) is 0 Å². The van der Waals surface area contributed by atoms with Gasteiger partial charge in [-0.3, -0.25) is 4.79 Å². The summed E-state index contributed by atoms with van der Waals surface area (Å²) in [7, 11) is 2.22. The van der Waals surface area contributed by atoms with Gasteiger partial charge in [0.05, 0.1) is 0 Å². The van der Waals surface area contributed by atoms with E-state index in [1.54, 1.807) is 6.07 Å². The second kappa shape index (κ2) is 9.66. The average Bonchev–Trinajstić information content (AvgIpc) is 2.86. The Morgan fingerprint density at radius 3 is 2.63 bits per heavy atom. The normalized spacial score (nSPS) is 24.9. The molecule has 35 heavy (non-hydrogen) atoms. The van der Waals surface area contributed by atoms with Crippen molar-refractivity contribution in [3.63, 3.8) is 0 Å². The summed E-state index contributed by atoms with van der Waals surface area (Å²) in [5.74, 6) is 1.41. The van der Waals surface area contributed by atoms with Gasteiger partial charge in [-0.05, 0) is 91.7 Å². The molecule has 1 aliphatic heterocycles. The van der Waals surface area contributed by atoms with Crippen molar-refractivity contribution in [2.45, 2.75) is 51.0 Å². The highest BCUT2D eigenvalue weighted by atomic mass is 16.3. The minimum atomic E-state index is -0.00688. The molecule has 0 radical (unpaired) electrons. The molecule has 1 N–H and O–H groups in total. The predicted octanol–water partition coefficient (Wildman–Crippen LogP) is 6.09. The van der Waals surface area contributed by atoms with Crippen molar-refractivity contribution in [2.75, 3.05) is 26.7 Å². The van der Waals surface area contributed by atoms with Gasteiger partial charge in [-0.2, -0.15) is 0 Å². The van der Waals surface area contributed by atoms with Crippen molar-refractivity contribution in [1.82, 2.24) is 9.80 Å². The SMILES string of the molecule is CC(C)CN(C(=O)c1ccc2ccccc2c1)C1CCC2CN(C)CCC2(c2cccc(O)c2)C1. The first-order valence-corrected chi connectivity index (χ1v) is 13.1. The number of phenols is 1. The monoisotopic (exact) mass is 470 g/mol. The van der Waals surface area contributed by atoms with Crippen LogP contribution in [0.4, 0.5) is 0 Å². The van der Waals surface area contributed by atoms with Gasteiger partial charge in [0.25, 0.3) is 5.91 Å². The van der Waals surface area contributed by atoms with Gasteiger partial charge < -0.3 is 14.9 Å². The number of rotatable bonds is 5. The van der Waals surface area contributed by atoms with Crippen LogP contribution in [0, 0.1) is 11.8 Å². The molecule has 0 bridgehead atoms. The van der Waals surface area contributed by atoms with Crippen LogP contribution in [-0.4, -0.2) is 53.5 Å². The Morgan fingerprint density at radius 1 is 1.06 bits per heavy atom. The molecule has 3 atom stereocenters. The van der Waals surface area contributed by atoms with E-state index in [0.717, 1.165) is 61.7 Å². The van der Waals surface area contributed by atoms with E-state index in [4.69, 9.17) is 0 Å². The Bertz CT molecular complexity index is 1210. The number of carbonyl (C=O) groups is 1. The smallest absolute Gasteiger partial charge is 0.254 e. The number of piperidine rings is 1. The molecule has 1 heterocycles. The molecule has 4 nitrogen and oxygen atoms in total. The van der Waals surface area contributed by atoms with Crippen LogP contribution in [0.3, 0.4) is 0 Å². The molecule has 1 aliphatic carbocycles. The first-order chi connectivity index (χ1) is 16.9. The Hall–Kier alpha value is -2.85. The zero-order valence-electron chi connectivity index (χ0n) is 21.3. The van der Waals surface area contributed by atoms with E-state index >= 15 is 0 Å². The van der Waals surface area contributed by atoms with Gasteiger partial charge in [0, 0.05) is 30.1 Å². The highest BCUT2D eigenvalue weighted by molar-refractivity contribution is 5.98. The van der Waals surface area contributed by atoms with Gasteiger partial charge >= 0.3 is 0 Å². The number of carbonyl (C=O) groups excluding carboxylic acids is 1. The minimum absolute atomic E-state index is 0.00688. The summed E-state index contributed by atoms with van der Waals surface area (Å²) in [4.78, 5) is 18.6. The zero-order valence-corrected chi connectivity index (χ0v) is 21.3. The highest BCUT2D eigenvalue weighted by Crippen LogP contribution is 2.50.